The minimum absolute atomic E-state index is 0.438. The molecule has 0 aliphatic carbocycles. The summed E-state index contributed by atoms with van der Waals surface area (Å²) in [4.78, 5) is 10.9. The molecule has 0 aliphatic rings. The molecule has 3 heteroatoms. The maximum Gasteiger partial charge on any atom is 0.412 e. The van der Waals surface area contributed by atoms with Crippen molar-refractivity contribution in [1.29, 1.82) is 0 Å². The van der Waals surface area contributed by atoms with Gasteiger partial charge in [-0.15, -0.1) is 0 Å². The Balaban J connectivity index is 2.83. The molecule has 1 aromatic carbocycles. The quantitative estimate of drug-likeness (QED) is 0.716. The first kappa shape index (κ1) is 9.58. The van der Waals surface area contributed by atoms with Gasteiger partial charge in [-0.05, 0) is 25.5 Å². The number of aryl methyl sites for hydroxylation is 2. The summed E-state index contributed by atoms with van der Waals surface area (Å²) in [7, 11) is 1.53. The summed E-state index contributed by atoms with van der Waals surface area (Å²) in [6, 6.07) is 5.67. The summed E-state index contributed by atoms with van der Waals surface area (Å²) in [5.74, 6) is 0.602. The number of rotatable bonds is 1. The van der Waals surface area contributed by atoms with Crippen LogP contribution in [0, 0.1) is 13.8 Å². The van der Waals surface area contributed by atoms with E-state index >= 15 is 0 Å². The van der Waals surface area contributed by atoms with Gasteiger partial charge in [-0.1, -0.05) is 17.7 Å². The molecule has 0 saturated carbocycles. The Kier molecular flexibility index (Phi) is 2.90. The lowest BCUT2D eigenvalue weighted by atomic mass is 10.1. The molecule has 1 aromatic rings. The molecular formula is C10H13NO2. The van der Waals surface area contributed by atoms with E-state index in [1.54, 1.807) is 6.07 Å². The summed E-state index contributed by atoms with van der Waals surface area (Å²) in [5, 5.41) is 2.39. The van der Waals surface area contributed by atoms with Crippen LogP contribution < -0.4 is 10.1 Å². The minimum Gasteiger partial charge on any atom is -0.410 e. The summed E-state index contributed by atoms with van der Waals surface area (Å²) in [5.41, 5.74) is 2.12. The van der Waals surface area contributed by atoms with Crippen molar-refractivity contribution in [2.75, 3.05) is 7.05 Å². The maximum absolute atomic E-state index is 10.9. The average molecular weight is 179 g/mol. The Bertz CT molecular complexity index is 321. The van der Waals surface area contributed by atoms with Gasteiger partial charge in [0, 0.05) is 7.05 Å². The molecular weight excluding hydrogens is 166 g/mol. The molecule has 0 saturated heterocycles. The van der Waals surface area contributed by atoms with Crippen LogP contribution in [-0.4, -0.2) is 13.1 Å². The van der Waals surface area contributed by atoms with Gasteiger partial charge < -0.3 is 10.1 Å². The van der Waals surface area contributed by atoms with Gasteiger partial charge in [-0.3, -0.25) is 0 Å². The molecule has 1 rings (SSSR count). The number of hydrogen-bond donors (Lipinski definition) is 1. The van der Waals surface area contributed by atoms with Gasteiger partial charge in [-0.25, -0.2) is 4.79 Å². The topological polar surface area (TPSA) is 38.3 Å². The first-order chi connectivity index (χ1) is 6.13. The average Bonchev–Trinajstić information content (AvgIpc) is 2.09. The van der Waals surface area contributed by atoms with E-state index in [0.717, 1.165) is 11.1 Å². The van der Waals surface area contributed by atoms with E-state index in [1.807, 2.05) is 26.0 Å². The Morgan fingerprint density at radius 2 is 2.08 bits per heavy atom. The smallest absolute Gasteiger partial charge is 0.410 e. The number of nitrogens with one attached hydrogen (secondary N) is 1. The number of carbonyl (C=O) groups is 1. The predicted molar refractivity (Wildman–Crippen MR) is 51.0 cm³/mol. The standard InChI is InChI=1S/C10H13NO2/c1-7-4-5-9(8(2)6-7)13-10(12)11-3/h4-6H,1-3H3,(H,11,12). The fourth-order valence-electron chi connectivity index (χ4n) is 1.06. The number of hydrogen-bond acceptors (Lipinski definition) is 2. The number of amides is 1. The van der Waals surface area contributed by atoms with Crippen molar-refractivity contribution in [2.24, 2.45) is 0 Å². The van der Waals surface area contributed by atoms with Crippen molar-refractivity contribution < 1.29 is 9.53 Å². The third-order valence-corrected chi connectivity index (χ3v) is 1.74. The molecule has 0 aromatic heterocycles. The van der Waals surface area contributed by atoms with Crippen LogP contribution in [0.5, 0.6) is 5.75 Å². The Morgan fingerprint density at radius 1 is 1.38 bits per heavy atom. The zero-order chi connectivity index (χ0) is 9.84. The normalized spacial score (nSPS) is 9.46. The van der Waals surface area contributed by atoms with Crippen LogP contribution in [-0.2, 0) is 0 Å². The monoisotopic (exact) mass is 179 g/mol. The molecule has 0 heterocycles. The predicted octanol–water partition coefficient (Wildman–Crippen LogP) is 2.02. The fourth-order valence-corrected chi connectivity index (χ4v) is 1.06. The molecule has 0 radical (unpaired) electrons. The maximum atomic E-state index is 10.9. The minimum atomic E-state index is -0.438. The van der Waals surface area contributed by atoms with Crippen molar-refractivity contribution >= 4 is 6.09 Å². The second-order valence-electron chi connectivity index (χ2n) is 2.91. The summed E-state index contributed by atoms with van der Waals surface area (Å²) in [6.45, 7) is 3.90. The lowest BCUT2D eigenvalue weighted by Crippen LogP contribution is -2.22. The van der Waals surface area contributed by atoms with Crippen LogP contribution in [0.15, 0.2) is 18.2 Å². The summed E-state index contributed by atoms with van der Waals surface area (Å²) in [6.07, 6.45) is -0.438. The molecule has 0 unspecified atom stereocenters. The molecule has 0 spiro atoms. The van der Waals surface area contributed by atoms with E-state index < -0.39 is 6.09 Å². The first-order valence-corrected chi connectivity index (χ1v) is 4.10. The van der Waals surface area contributed by atoms with E-state index in [0.29, 0.717) is 5.75 Å². The van der Waals surface area contributed by atoms with Gasteiger partial charge in [-0.2, -0.15) is 0 Å². The van der Waals surface area contributed by atoms with E-state index in [1.165, 1.54) is 7.05 Å². The first-order valence-electron chi connectivity index (χ1n) is 4.10. The van der Waals surface area contributed by atoms with Crippen molar-refractivity contribution in [3.05, 3.63) is 29.3 Å². The second-order valence-corrected chi connectivity index (χ2v) is 2.91. The molecule has 70 valence electrons. The van der Waals surface area contributed by atoms with Crippen molar-refractivity contribution in [3.8, 4) is 5.75 Å². The second kappa shape index (κ2) is 3.94. The summed E-state index contributed by atoms with van der Waals surface area (Å²) < 4.78 is 5.00. The molecule has 1 amide bonds. The zero-order valence-electron chi connectivity index (χ0n) is 8.05. The Morgan fingerprint density at radius 3 is 2.62 bits per heavy atom. The van der Waals surface area contributed by atoms with Gasteiger partial charge >= 0.3 is 6.09 Å². The van der Waals surface area contributed by atoms with Gasteiger partial charge in [0.1, 0.15) is 5.75 Å². The molecule has 13 heavy (non-hydrogen) atoms. The van der Waals surface area contributed by atoms with Crippen molar-refractivity contribution in [3.63, 3.8) is 0 Å². The zero-order valence-corrected chi connectivity index (χ0v) is 8.05. The van der Waals surface area contributed by atoms with E-state index in [-0.39, 0.29) is 0 Å². The van der Waals surface area contributed by atoms with Crippen LogP contribution in [0.4, 0.5) is 4.79 Å². The highest BCUT2D eigenvalue weighted by atomic mass is 16.6. The van der Waals surface area contributed by atoms with Crippen molar-refractivity contribution in [1.82, 2.24) is 5.32 Å². The van der Waals surface area contributed by atoms with Gasteiger partial charge in [0.2, 0.25) is 0 Å². The highest BCUT2D eigenvalue weighted by molar-refractivity contribution is 5.70. The molecule has 0 atom stereocenters. The highest BCUT2D eigenvalue weighted by Gasteiger charge is 2.03. The fraction of sp³-hybridized carbons (Fsp3) is 0.300. The molecule has 0 fully saturated rings. The van der Waals surface area contributed by atoms with Gasteiger partial charge in [0.15, 0.2) is 0 Å². The third-order valence-electron chi connectivity index (χ3n) is 1.74. The number of benzene rings is 1. The van der Waals surface area contributed by atoms with Crippen LogP contribution in [0.25, 0.3) is 0 Å². The molecule has 1 N–H and O–H groups in total. The largest absolute Gasteiger partial charge is 0.412 e. The SMILES string of the molecule is CNC(=O)Oc1ccc(C)cc1C. The van der Waals surface area contributed by atoms with E-state index in [2.05, 4.69) is 5.32 Å². The van der Waals surface area contributed by atoms with Crippen LogP contribution in [0.3, 0.4) is 0 Å². The highest BCUT2D eigenvalue weighted by Crippen LogP contribution is 2.18. The van der Waals surface area contributed by atoms with Crippen LogP contribution in [0.1, 0.15) is 11.1 Å². The lowest BCUT2D eigenvalue weighted by molar-refractivity contribution is 0.202. The van der Waals surface area contributed by atoms with Gasteiger partial charge in [0.25, 0.3) is 0 Å². The number of carbonyl (C=O) groups excluding carboxylic acids is 1. The molecule has 0 aliphatic heterocycles. The van der Waals surface area contributed by atoms with E-state index in [4.69, 9.17) is 4.74 Å². The molecule has 0 bridgehead atoms. The van der Waals surface area contributed by atoms with Crippen LogP contribution in [0.2, 0.25) is 0 Å². The lowest BCUT2D eigenvalue weighted by Gasteiger charge is -2.06. The van der Waals surface area contributed by atoms with Crippen LogP contribution >= 0.6 is 0 Å². The summed E-state index contributed by atoms with van der Waals surface area (Å²) >= 11 is 0. The van der Waals surface area contributed by atoms with Crippen molar-refractivity contribution in [2.45, 2.75) is 13.8 Å². The Labute approximate surface area is 77.7 Å². The Hall–Kier alpha value is -1.51. The van der Waals surface area contributed by atoms with Gasteiger partial charge in [0.05, 0.1) is 0 Å². The third kappa shape index (κ3) is 2.47. The molecule has 3 nitrogen and oxygen atoms in total. The van der Waals surface area contributed by atoms with E-state index in [9.17, 15) is 4.79 Å². The number of ether oxygens (including phenoxy) is 1.